The van der Waals surface area contributed by atoms with Gasteiger partial charge in [-0.15, -0.1) is 0 Å². The van der Waals surface area contributed by atoms with Gasteiger partial charge >= 0.3 is 5.97 Å². The van der Waals surface area contributed by atoms with E-state index in [9.17, 15) is 13.2 Å². The lowest BCUT2D eigenvalue weighted by molar-refractivity contribution is -0.140. The first-order valence-corrected chi connectivity index (χ1v) is 8.16. The third kappa shape index (κ3) is 6.70. The summed E-state index contributed by atoms with van der Waals surface area (Å²) in [6.45, 7) is 0.236. The minimum absolute atomic E-state index is 0.0872. The zero-order valence-corrected chi connectivity index (χ0v) is 13.0. The maximum Gasteiger partial charge on any atom is 0.305 e. The van der Waals surface area contributed by atoms with E-state index < -0.39 is 16.0 Å². The molecule has 5 nitrogen and oxygen atoms in total. The molecule has 1 aromatic carbocycles. The highest BCUT2D eigenvalue weighted by Crippen LogP contribution is 2.11. The smallest absolute Gasteiger partial charge is 0.305 e. The van der Waals surface area contributed by atoms with Gasteiger partial charge < -0.3 is 4.74 Å². The van der Waals surface area contributed by atoms with Crippen LogP contribution in [-0.4, -0.2) is 27.2 Å². The van der Waals surface area contributed by atoms with Crippen LogP contribution in [0.4, 0.5) is 0 Å². The van der Waals surface area contributed by atoms with Crippen LogP contribution in [0.15, 0.2) is 28.7 Å². The van der Waals surface area contributed by atoms with E-state index in [1.54, 1.807) is 0 Å². The van der Waals surface area contributed by atoms with Crippen LogP contribution in [0.1, 0.15) is 18.4 Å². The molecular weight excluding hydrogens is 334 g/mol. The second-order valence-corrected chi connectivity index (χ2v) is 6.79. The molecule has 0 aromatic heterocycles. The normalized spacial score (nSPS) is 11.3. The Hall–Kier alpha value is -0.920. The van der Waals surface area contributed by atoms with E-state index in [1.807, 2.05) is 24.3 Å². The van der Waals surface area contributed by atoms with Crippen molar-refractivity contribution in [1.29, 1.82) is 0 Å². The molecule has 0 fully saturated rings. The maximum atomic E-state index is 11.7. The molecule has 1 rings (SSSR count). The molecule has 0 aliphatic carbocycles. The average Bonchev–Trinajstić information content (AvgIpc) is 2.36. The van der Waals surface area contributed by atoms with Gasteiger partial charge in [-0.1, -0.05) is 28.1 Å². The van der Waals surface area contributed by atoms with Crippen molar-refractivity contribution >= 4 is 31.9 Å². The number of rotatable bonds is 7. The van der Waals surface area contributed by atoms with Gasteiger partial charge in [0.1, 0.15) is 0 Å². The molecule has 0 atom stereocenters. The lowest BCUT2D eigenvalue weighted by atomic mass is 10.2. The fourth-order valence-corrected chi connectivity index (χ4v) is 2.92. The molecule has 1 N–H and O–H groups in total. The van der Waals surface area contributed by atoms with Crippen molar-refractivity contribution < 1.29 is 17.9 Å². The number of sulfonamides is 1. The second-order valence-electron chi connectivity index (χ2n) is 3.95. The molecule has 0 amide bonds. The maximum absolute atomic E-state index is 11.7. The Morgan fingerprint density at radius 3 is 2.79 bits per heavy atom. The lowest BCUT2D eigenvalue weighted by Crippen LogP contribution is -2.26. The number of carbonyl (C=O) groups is 1. The summed E-state index contributed by atoms with van der Waals surface area (Å²) >= 11 is 3.32. The molecule has 0 radical (unpaired) electrons. The molecule has 0 heterocycles. The number of esters is 1. The summed E-state index contributed by atoms with van der Waals surface area (Å²) in [7, 11) is -2.09. The van der Waals surface area contributed by atoms with E-state index in [0.29, 0.717) is 0 Å². The average molecular weight is 350 g/mol. The molecule has 0 saturated heterocycles. The predicted molar refractivity (Wildman–Crippen MR) is 76.0 cm³/mol. The van der Waals surface area contributed by atoms with Gasteiger partial charge in [0.2, 0.25) is 10.0 Å². The number of carbonyl (C=O) groups excluding carboxylic acids is 1. The van der Waals surface area contributed by atoms with Crippen molar-refractivity contribution in [3.8, 4) is 0 Å². The fourth-order valence-electron chi connectivity index (χ4n) is 1.42. The summed E-state index contributed by atoms with van der Waals surface area (Å²) in [5, 5.41) is 0. The molecule has 0 aliphatic heterocycles. The van der Waals surface area contributed by atoms with Crippen LogP contribution in [-0.2, 0) is 26.1 Å². The van der Waals surface area contributed by atoms with Gasteiger partial charge in [0.05, 0.1) is 12.9 Å². The first-order chi connectivity index (χ1) is 8.93. The summed E-state index contributed by atoms with van der Waals surface area (Å²) < 4.78 is 31.2. The van der Waals surface area contributed by atoms with Crippen LogP contribution in [0.2, 0.25) is 0 Å². The van der Waals surface area contributed by atoms with Crippen molar-refractivity contribution in [1.82, 2.24) is 4.72 Å². The lowest BCUT2D eigenvalue weighted by Gasteiger charge is -2.06. The molecule has 0 saturated carbocycles. The first-order valence-electron chi connectivity index (χ1n) is 5.71. The van der Waals surface area contributed by atoms with E-state index in [4.69, 9.17) is 0 Å². The van der Waals surface area contributed by atoms with Crippen molar-refractivity contribution in [2.45, 2.75) is 19.4 Å². The van der Waals surface area contributed by atoms with Crippen LogP contribution >= 0.6 is 15.9 Å². The van der Waals surface area contributed by atoms with E-state index in [2.05, 4.69) is 25.4 Å². The first kappa shape index (κ1) is 16.1. The quantitative estimate of drug-likeness (QED) is 0.762. The molecule has 0 unspecified atom stereocenters. The number of hydrogen-bond acceptors (Lipinski definition) is 4. The van der Waals surface area contributed by atoms with Crippen LogP contribution < -0.4 is 4.72 Å². The zero-order valence-electron chi connectivity index (χ0n) is 10.6. The molecule has 1 aromatic rings. The topological polar surface area (TPSA) is 72.5 Å². The minimum atomic E-state index is -3.37. The fraction of sp³-hybridized carbons (Fsp3) is 0.417. The van der Waals surface area contributed by atoms with E-state index in [-0.39, 0.29) is 25.1 Å². The Morgan fingerprint density at radius 2 is 2.16 bits per heavy atom. The highest BCUT2D eigenvalue weighted by molar-refractivity contribution is 9.10. The van der Waals surface area contributed by atoms with Gasteiger partial charge in [0.25, 0.3) is 0 Å². The van der Waals surface area contributed by atoms with Crippen LogP contribution in [0.25, 0.3) is 0 Å². The summed E-state index contributed by atoms with van der Waals surface area (Å²) in [6.07, 6.45) is 0.356. The van der Waals surface area contributed by atoms with Gasteiger partial charge in [-0.2, -0.15) is 0 Å². The van der Waals surface area contributed by atoms with Crippen molar-refractivity contribution in [3.05, 3.63) is 34.3 Å². The van der Waals surface area contributed by atoms with Gasteiger partial charge in [-0.25, -0.2) is 13.1 Å². The van der Waals surface area contributed by atoms with Crippen LogP contribution in [0, 0.1) is 0 Å². The van der Waals surface area contributed by atoms with Gasteiger partial charge in [-0.05, 0) is 24.1 Å². The number of halogens is 1. The van der Waals surface area contributed by atoms with E-state index >= 15 is 0 Å². The molecule has 0 aliphatic rings. The zero-order chi connectivity index (χ0) is 14.3. The predicted octanol–water partition coefficient (Wildman–Crippen LogP) is 1.82. The molecule has 19 heavy (non-hydrogen) atoms. The number of ether oxygens (including phenoxy) is 1. The standard InChI is InChI=1S/C12H16BrNO4S/c1-18-12(15)6-3-7-19(16,17)14-9-10-4-2-5-11(13)8-10/h2,4-5,8,14H,3,6-7,9H2,1H3. The highest BCUT2D eigenvalue weighted by atomic mass is 79.9. The summed E-state index contributed by atoms with van der Waals surface area (Å²) in [5.41, 5.74) is 0.867. The molecule has 106 valence electrons. The largest absolute Gasteiger partial charge is 0.469 e. The van der Waals surface area contributed by atoms with E-state index in [0.717, 1.165) is 10.0 Å². The monoisotopic (exact) mass is 349 g/mol. The summed E-state index contributed by atoms with van der Waals surface area (Å²) in [4.78, 5) is 10.9. The van der Waals surface area contributed by atoms with Gasteiger partial charge in [0, 0.05) is 17.4 Å². The Balaban J connectivity index is 2.40. The number of methoxy groups -OCH3 is 1. The Bertz CT molecular complexity index is 530. The molecule has 0 bridgehead atoms. The van der Waals surface area contributed by atoms with Crippen molar-refractivity contribution in [2.24, 2.45) is 0 Å². The van der Waals surface area contributed by atoms with Crippen LogP contribution in [0.5, 0.6) is 0 Å². The van der Waals surface area contributed by atoms with Crippen LogP contribution in [0.3, 0.4) is 0 Å². The second kappa shape index (κ2) is 7.62. The van der Waals surface area contributed by atoms with Crippen molar-refractivity contribution in [3.63, 3.8) is 0 Å². The number of hydrogen-bond donors (Lipinski definition) is 1. The minimum Gasteiger partial charge on any atom is -0.469 e. The van der Waals surface area contributed by atoms with Crippen molar-refractivity contribution in [2.75, 3.05) is 12.9 Å². The molecular formula is C12H16BrNO4S. The third-order valence-corrected chi connectivity index (χ3v) is 4.31. The SMILES string of the molecule is COC(=O)CCCS(=O)(=O)NCc1cccc(Br)c1. The number of benzene rings is 1. The summed E-state index contributed by atoms with van der Waals surface area (Å²) in [6, 6.07) is 7.39. The molecule has 7 heteroatoms. The van der Waals surface area contributed by atoms with E-state index in [1.165, 1.54) is 7.11 Å². The Morgan fingerprint density at radius 1 is 1.42 bits per heavy atom. The van der Waals surface area contributed by atoms with Gasteiger partial charge in [-0.3, -0.25) is 4.79 Å². The highest BCUT2D eigenvalue weighted by Gasteiger charge is 2.11. The van der Waals surface area contributed by atoms with Gasteiger partial charge in [0.15, 0.2) is 0 Å². The Labute approximate surface area is 121 Å². The third-order valence-electron chi connectivity index (χ3n) is 2.41. The Kier molecular flexibility index (Phi) is 6.47. The number of nitrogens with one attached hydrogen (secondary N) is 1. The summed E-state index contributed by atoms with van der Waals surface area (Å²) in [5.74, 6) is -0.488. The molecule has 0 spiro atoms.